The van der Waals surface area contributed by atoms with E-state index in [0.29, 0.717) is 6.42 Å². The number of carbonyl (C=O) groups is 1. The Kier molecular flexibility index (Phi) is 4.11. The molecule has 0 saturated heterocycles. The second-order valence-electron chi connectivity index (χ2n) is 3.50. The van der Waals surface area contributed by atoms with Crippen LogP contribution in [0, 0.1) is 6.92 Å². The average molecular weight is 188 g/mol. The number of hydrogen-bond acceptors (Lipinski definition) is 1. The van der Waals surface area contributed by atoms with Gasteiger partial charge < -0.3 is 4.79 Å². The highest BCUT2D eigenvalue weighted by Gasteiger charge is 1.91. The van der Waals surface area contributed by atoms with Gasteiger partial charge in [-0.25, -0.2) is 0 Å². The highest BCUT2D eigenvalue weighted by molar-refractivity contribution is 5.75. The summed E-state index contributed by atoms with van der Waals surface area (Å²) in [6.45, 7) is 3.71. The molecule has 0 saturated carbocycles. The van der Waals surface area contributed by atoms with E-state index in [0.717, 1.165) is 6.42 Å². The standard InChI is InChI=1S/C13H16O/c1-11-7-3-5-9-13(11)10-6-4-8-12(2)14/h3,5-7,9-10H,4,8H2,1-2H3/b10-6+. The molecule has 0 N–H and O–H groups in total. The van der Waals surface area contributed by atoms with Gasteiger partial charge in [0.2, 0.25) is 0 Å². The summed E-state index contributed by atoms with van der Waals surface area (Å²) in [7, 11) is 0. The van der Waals surface area contributed by atoms with Crippen LogP contribution in [0.5, 0.6) is 0 Å². The fourth-order valence-electron chi connectivity index (χ4n) is 1.27. The van der Waals surface area contributed by atoms with E-state index in [2.05, 4.69) is 31.2 Å². The molecular formula is C13H16O. The van der Waals surface area contributed by atoms with Crippen LogP contribution in [0.2, 0.25) is 0 Å². The Labute approximate surface area is 85.5 Å². The molecule has 0 unspecified atom stereocenters. The van der Waals surface area contributed by atoms with Gasteiger partial charge in [0.15, 0.2) is 0 Å². The van der Waals surface area contributed by atoms with Crippen LogP contribution in [-0.2, 0) is 4.79 Å². The van der Waals surface area contributed by atoms with Crippen molar-refractivity contribution in [3.8, 4) is 0 Å². The van der Waals surface area contributed by atoms with Gasteiger partial charge in [-0.15, -0.1) is 0 Å². The van der Waals surface area contributed by atoms with Crippen molar-refractivity contribution < 1.29 is 4.79 Å². The number of carbonyl (C=O) groups excluding carboxylic acids is 1. The fourth-order valence-corrected chi connectivity index (χ4v) is 1.27. The van der Waals surface area contributed by atoms with Gasteiger partial charge in [-0.3, -0.25) is 0 Å². The summed E-state index contributed by atoms with van der Waals surface area (Å²) in [5.41, 5.74) is 2.50. The SMILES string of the molecule is CC(=O)CC/C=C/c1ccccc1C. The van der Waals surface area contributed by atoms with Crippen molar-refractivity contribution in [1.29, 1.82) is 0 Å². The molecule has 0 aromatic heterocycles. The molecular weight excluding hydrogens is 172 g/mol. The average Bonchev–Trinajstić information content (AvgIpc) is 2.15. The molecule has 0 radical (unpaired) electrons. The molecule has 1 aromatic rings. The Bertz CT molecular complexity index is 337. The first-order valence-corrected chi connectivity index (χ1v) is 4.92. The first-order valence-electron chi connectivity index (χ1n) is 4.92. The van der Waals surface area contributed by atoms with Crippen molar-refractivity contribution in [3.05, 3.63) is 41.5 Å². The Balaban J connectivity index is 2.52. The second kappa shape index (κ2) is 5.38. The summed E-state index contributed by atoms with van der Waals surface area (Å²) >= 11 is 0. The number of benzene rings is 1. The third-order valence-corrected chi connectivity index (χ3v) is 2.15. The molecule has 1 rings (SSSR count). The monoisotopic (exact) mass is 188 g/mol. The van der Waals surface area contributed by atoms with Crippen molar-refractivity contribution >= 4 is 11.9 Å². The first kappa shape index (κ1) is 10.7. The van der Waals surface area contributed by atoms with E-state index in [4.69, 9.17) is 0 Å². The van der Waals surface area contributed by atoms with E-state index in [1.807, 2.05) is 12.1 Å². The smallest absolute Gasteiger partial charge is 0.130 e. The Morgan fingerprint density at radius 2 is 2.07 bits per heavy atom. The normalized spacial score (nSPS) is 10.7. The molecule has 0 heterocycles. The number of aryl methyl sites for hydroxylation is 1. The zero-order valence-corrected chi connectivity index (χ0v) is 8.79. The van der Waals surface area contributed by atoms with Gasteiger partial charge in [-0.2, -0.15) is 0 Å². The molecule has 0 aliphatic rings. The molecule has 0 spiro atoms. The lowest BCUT2D eigenvalue weighted by atomic mass is 10.1. The van der Waals surface area contributed by atoms with Crippen LogP contribution in [0.4, 0.5) is 0 Å². The number of hydrogen-bond donors (Lipinski definition) is 0. The highest BCUT2D eigenvalue weighted by Crippen LogP contribution is 2.09. The summed E-state index contributed by atoms with van der Waals surface area (Å²) in [6.07, 6.45) is 5.62. The topological polar surface area (TPSA) is 17.1 Å². The van der Waals surface area contributed by atoms with E-state index in [-0.39, 0.29) is 5.78 Å². The minimum absolute atomic E-state index is 0.249. The number of allylic oxidation sites excluding steroid dienone is 1. The van der Waals surface area contributed by atoms with Gasteiger partial charge in [0, 0.05) is 6.42 Å². The zero-order chi connectivity index (χ0) is 10.4. The third kappa shape index (κ3) is 3.56. The molecule has 1 aromatic carbocycles. The molecule has 1 heteroatoms. The van der Waals surface area contributed by atoms with Crippen molar-refractivity contribution in [1.82, 2.24) is 0 Å². The van der Waals surface area contributed by atoms with Gasteiger partial charge in [0.1, 0.15) is 5.78 Å². The molecule has 1 nitrogen and oxygen atoms in total. The molecule has 74 valence electrons. The van der Waals surface area contributed by atoms with Gasteiger partial charge in [0.25, 0.3) is 0 Å². The molecule has 0 aliphatic carbocycles. The Hall–Kier alpha value is -1.37. The van der Waals surface area contributed by atoms with E-state index in [1.165, 1.54) is 11.1 Å². The van der Waals surface area contributed by atoms with Gasteiger partial charge >= 0.3 is 0 Å². The maximum atomic E-state index is 10.7. The van der Waals surface area contributed by atoms with Crippen LogP contribution in [0.3, 0.4) is 0 Å². The van der Waals surface area contributed by atoms with Crippen molar-refractivity contribution in [3.63, 3.8) is 0 Å². The number of rotatable bonds is 4. The Morgan fingerprint density at radius 1 is 1.36 bits per heavy atom. The first-order chi connectivity index (χ1) is 6.70. The maximum absolute atomic E-state index is 10.7. The minimum atomic E-state index is 0.249. The molecule has 0 aliphatic heterocycles. The lowest BCUT2D eigenvalue weighted by molar-refractivity contribution is -0.116. The predicted molar refractivity (Wildman–Crippen MR) is 60.1 cm³/mol. The fraction of sp³-hybridized carbons (Fsp3) is 0.308. The summed E-state index contributed by atoms with van der Waals surface area (Å²) in [4.78, 5) is 10.7. The Morgan fingerprint density at radius 3 is 2.71 bits per heavy atom. The van der Waals surface area contributed by atoms with Crippen LogP contribution in [-0.4, -0.2) is 5.78 Å². The lowest BCUT2D eigenvalue weighted by Gasteiger charge is -1.97. The molecule has 14 heavy (non-hydrogen) atoms. The van der Waals surface area contributed by atoms with Crippen LogP contribution in [0.15, 0.2) is 30.3 Å². The molecule has 0 bridgehead atoms. The molecule has 0 fully saturated rings. The van der Waals surface area contributed by atoms with E-state index < -0.39 is 0 Å². The quantitative estimate of drug-likeness (QED) is 0.708. The van der Waals surface area contributed by atoms with Gasteiger partial charge in [0.05, 0.1) is 0 Å². The summed E-state index contributed by atoms with van der Waals surface area (Å²) in [5.74, 6) is 0.249. The third-order valence-electron chi connectivity index (χ3n) is 2.15. The van der Waals surface area contributed by atoms with Crippen molar-refractivity contribution in [2.24, 2.45) is 0 Å². The van der Waals surface area contributed by atoms with E-state index in [1.54, 1.807) is 6.92 Å². The van der Waals surface area contributed by atoms with E-state index >= 15 is 0 Å². The highest BCUT2D eigenvalue weighted by atomic mass is 16.1. The van der Waals surface area contributed by atoms with Gasteiger partial charge in [-0.1, -0.05) is 36.4 Å². The number of Topliss-reactive ketones (excluding diaryl/α,β-unsaturated/α-hetero) is 1. The zero-order valence-electron chi connectivity index (χ0n) is 8.79. The molecule has 0 atom stereocenters. The van der Waals surface area contributed by atoms with Crippen LogP contribution < -0.4 is 0 Å². The van der Waals surface area contributed by atoms with E-state index in [9.17, 15) is 4.79 Å². The minimum Gasteiger partial charge on any atom is -0.300 e. The summed E-state index contributed by atoms with van der Waals surface area (Å²) < 4.78 is 0. The van der Waals surface area contributed by atoms with Crippen LogP contribution in [0.1, 0.15) is 30.9 Å². The summed E-state index contributed by atoms with van der Waals surface area (Å²) in [6, 6.07) is 8.23. The number of ketones is 1. The predicted octanol–water partition coefficient (Wildman–Crippen LogP) is 3.38. The summed E-state index contributed by atoms with van der Waals surface area (Å²) in [5, 5.41) is 0. The van der Waals surface area contributed by atoms with Crippen LogP contribution >= 0.6 is 0 Å². The van der Waals surface area contributed by atoms with Crippen molar-refractivity contribution in [2.45, 2.75) is 26.7 Å². The lowest BCUT2D eigenvalue weighted by Crippen LogP contribution is -1.86. The largest absolute Gasteiger partial charge is 0.300 e. The van der Waals surface area contributed by atoms with Crippen molar-refractivity contribution in [2.75, 3.05) is 0 Å². The van der Waals surface area contributed by atoms with Gasteiger partial charge in [-0.05, 0) is 31.4 Å². The maximum Gasteiger partial charge on any atom is 0.130 e. The molecule has 0 amide bonds. The van der Waals surface area contributed by atoms with Crippen LogP contribution in [0.25, 0.3) is 6.08 Å². The second-order valence-corrected chi connectivity index (χ2v) is 3.50.